The number of amides is 1. The summed E-state index contributed by atoms with van der Waals surface area (Å²) in [4.78, 5) is 15.1. The van der Waals surface area contributed by atoms with E-state index in [0.717, 1.165) is 0 Å². The minimum atomic E-state index is -0.105. The van der Waals surface area contributed by atoms with Gasteiger partial charge in [-0.15, -0.1) is 11.3 Å². The molecule has 0 saturated heterocycles. The summed E-state index contributed by atoms with van der Waals surface area (Å²) in [7, 11) is 4.20. The van der Waals surface area contributed by atoms with E-state index in [-0.39, 0.29) is 11.9 Å². The topological polar surface area (TPSA) is 52.0 Å². The van der Waals surface area contributed by atoms with Gasteiger partial charge in [0.2, 0.25) is 0 Å². The van der Waals surface area contributed by atoms with Gasteiger partial charge in [-0.2, -0.15) is 0 Å². The van der Waals surface area contributed by atoms with Gasteiger partial charge in [0.15, 0.2) is 11.5 Å². The Morgan fingerprint density at radius 2 is 1.88 bits per heavy atom. The van der Waals surface area contributed by atoms with Gasteiger partial charge in [0, 0.05) is 5.56 Å². The predicted molar refractivity (Wildman–Crippen MR) is 101 cm³/mol. The first kappa shape index (κ1) is 19.3. The summed E-state index contributed by atoms with van der Waals surface area (Å²) in [6, 6.07) is 9.69. The second-order valence-corrected chi connectivity index (χ2v) is 6.86. The van der Waals surface area contributed by atoms with Gasteiger partial charge in [0.05, 0.1) is 38.7 Å². The molecule has 1 aromatic heterocycles. The zero-order valence-corrected chi connectivity index (χ0v) is 16.1. The van der Waals surface area contributed by atoms with Gasteiger partial charge in [-0.25, -0.2) is 0 Å². The third-order valence-corrected chi connectivity index (χ3v) is 4.84. The summed E-state index contributed by atoms with van der Waals surface area (Å²) in [6.07, 6.45) is 0. The molecule has 2 aromatic rings. The summed E-state index contributed by atoms with van der Waals surface area (Å²) in [5.74, 6) is 1.16. The summed E-state index contributed by atoms with van der Waals surface area (Å²) in [6.45, 7) is 5.49. The molecule has 0 unspecified atom stereocenters. The third-order valence-electron chi connectivity index (χ3n) is 3.86. The second kappa shape index (κ2) is 9.44. The van der Waals surface area contributed by atoms with Crippen LogP contribution >= 0.6 is 11.3 Å². The van der Waals surface area contributed by atoms with Gasteiger partial charge >= 0.3 is 0 Å². The van der Waals surface area contributed by atoms with Gasteiger partial charge in [0.1, 0.15) is 6.04 Å². The fraction of sp³-hybridized carbons (Fsp3) is 0.421. The van der Waals surface area contributed by atoms with Crippen molar-refractivity contribution in [3.05, 3.63) is 46.2 Å². The Labute approximate surface area is 153 Å². The van der Waals surface area contributed by atoms with Gasteiger partial charge in [-0.05, 0) is 43.5 Å². The molecule has 0 spiro atoms. The van der Waals surface area contributed by atoms with E-state index in [2.05, 4.69) is 30.9 Å². The standard InChI is InChI=1S/C19H26N2O3S/c1-5-23-16-10-9-14(12-17(16)24-6-2)19(22)20-13-15(21(3)4)18-8-7-11-25-18/h7-12,15H,5-6,13H2,1-4H3,(H,20,22)/p+1/t15-/m0/s1. The molecule has 136 valence electrons. The molecular weight excluding hydrogens is 336 g/mol. The maximum absolute atomic E-state index is 12.6. The molecule has 0 bridgehead atoms. The van der Waals surface area contributed by atoms with Crippen LogP contribution in [0.5, 0.6) is 11.5 Å². The lowest BCUT2D eigenvalue weighted by atomic mass is 10.1. The largest absolute Gasteiger partial charge is 0.490 e. The minimum absolute atomic E-state index is 0.105. The fourth-order valence-corrected chi connectivity index (χ4v) is 3.52. The minimum Gasteiger partial charge on any atom is -0.490 e. The Bertz CT molecular complexity index is 671. The van der Waals surface area contributed by atoms with Gasteiger partial charge in [0.25, 0.3) is 5.91 Å². The Hall–Kier alpha value is -2.05. The zero-order valence-electron chi connectivity index (χ0n) is 15.3. The highest BCUT2D eigenvalue weighted by molar-refractivity contribution is 7.10. The van der Waals surface area contributed by atoms with Crippen LogP contribution in [-0.2, 0) is 0 Å². The van der Waals surface area contributed by atoms with Crippen LogP contribution in [0.4, 0.5) is 0 Å². The molecule has 2 rings (SSSR count). The number of benzene rings is 1. The average Bonchev–Trinajstić information content (AvgIpc) is 3.10. The van der Waals surface area contributed by atoms with E-state index in [1.807, 2.05) is 19.9 Å². The highest BCUT2D eigenvalue weighted by Gasteiger charge is 2.20. The van der Waals surface area contributed by atoms with E-state index in [0.29, 0.717) is 36.8 Å². The Morgan fingerprint density at radius 3 is 2.48 bits per heavy atom. The average molecular weight is 364 g/mol. The van der Waals surface area contributed by atoms with Crippen molar-refractivity contribution in [3.8, 4) is 11.5 Å². The smallest absolute Gasteiger partial charge is 0.251 e. The molecule has 0 radical (unpaired) electrons. The number of quaternary nitrogens is 1. The summed E-state index contributed by atoms with van der Waals surface area (Å²) >= 11 is 1.71. The van der Waals surface area contributed by atoms with E-state index >= 15 is 0 Å². The molecule has 1 aromatic carbocycles. The quantitative estimate of drug-likeness (QED) is 0.718. The van der Waals surface area contributed by atoms with Crippen molar-refractivity contribution < 1.29 is 19.2 Å². The maximum Gasteiger partial charge on any atom is 0.251 e. The Balaban J connectivity index is 2.08. The van der Waals surface area contributed by atoms with Crippen LogP contribution in [0.1, 0.15) is 35.1 Å². The molecule has 2 N–H and O–H groups in total. The highest BCUT2D eigenvalue weighted by atomic mass is 32.1. The predicted octanol–water partition coefficient (Wildman–Crippen LogP) is 2.16. The van der Waals surface area contributed by atoms with Crippen molar-refractivity contribution in [2.24, 2.45) is 0 Å². The van der Waals surface area contributed by atoms with E-state index in [4.69, 9.17) is 9.47 Å². The molecular formula is C19H27N2O3S+. The number of carbonyl (C=O) groups is 1. The van der Waals surface area contributed by atoms with Crippen LogP contribution in [0.25, 0.3) is 0 Å². The van der Waals surface area contributed by atoms with Crippen LogP contribution in [0.3, 0.4) is 0 Å². The lowest BCUT2D eigenvalue weighted by molar-refractivity contribution is -0.890. The molecule has 6 heteroatoms. The zero-order chi connectivity index (χ0) is 18.2. The number of hydrogen-bond donors (Lipinski definition) is 2. The third kappa shape index (κ3) is 5.21. The number of carbonyl (C=O) groups excluding carboxylic acids is 1. The van der Waals surface area contributed by atoms with Crippen LogP contribution in [0, 0.1) is 0 Å². The van der Waals surface area contributed by atoms with E-state index < -0.39 is 0 Å². The first-order valence-electron chi connectivity index (χ1n) is 8.58. The molecule has 1 heterocycles. The summed E-state index contributed by atoms with van der Waals surface area (Å²) in [5, 5.41) is 5.10. The molecule has 0 saturated carbocycles. The first-order valence-corrected chi connectivity index (χ1v) is 9.46. The molecule has 1 atom stereocenters. The second-order valence-electron chi connectivity index (χ2n) is 5.88. The van der Waals surface area contributed by atoms with Crippen molar-refractivity contribution >= 4 is 17.2 Å². The lowest BCUT2D eigenvalue weighted by Crippen LogP contribution is -3.06. The van der Waals surface area contributed by atoms with E-state index in [9.17, 15) is 4.79 Å². The van der Waals surface area contributed by atoms with E-state index in [1.54, 1.807) is 29.5 Å². The molecule has 1 amide bonds. The number of hydrogen-bond acceptors (Lipinski definition) is 4. The number of ether oxygens (including phenoxy) is 2. The number of nitrogens with one attached hydrogen (secondary N) is 2. The van der Waals surface area contributed by atoms with Crippen molar-refractivity contribution in [2.45, 2.75) is 19.9 Å². The normalized spacial score (nSPS) is 12.0. The molecule has 0 aliphatic rings. The number of thiophene rings is 1. The summed E-state index contributed by atoms with van der Waals surface area (Å²) in [5.41, 5.74) is 0.575. The van der Waals surface area contributed by atoms with Crippen LogP contribution < -0.4 is 19.7 Å². The lowest BCUT2D eigenvalue weighted by Gasteiger charge is -2.21. The van der Waals surface area contributed by atoms with Gasteiger partial charge in [-0.1, -0.05) is 6.07 Å². The molecule has 0 aliphatic heterocycles. The summed E-state index contributed by atoms with van der Waals surface area (Å²) < 4.78 is 11.1. The van der Waals surface area contributed by atoms with Crippen LogP contribution in [0.15, 0.2) is 35.7 Å². The molecule has 5 nitrogen and oxygen atoms in total. The monoisotopic (exact) mass is 363 g/mol. The highest BCUT2D eigenvalue weighted by Crippen LogP contribution is 2.28. The van der Waals surface area contributed by atoms with Gasteiger partial charge < -0.3 is 19.7 Å². The SMILES string of the molecule is CCOc1ccc(C(=O)NC[C@@H](c2cccs2)[NH+](C)C)cc1OCC. The Kier molecular flexibility index (Phi) is 7.28. The van der Waals surface area contributed by atoms with Crippen molar-refractivity contribution in [1.29, 1.82) is 0 Å². The van der Waals surface area contributed by atoms with Crippen LogP contribution in [0.2, 0.25) is 0 Å². The van der Waals surface area contributed by atoms with Crippen molar-refractivity contribution in [3.63, 3.8) is 0 Å². The van der Waals surface area contributed by atoms with Crippen LogP contribution in [-0.4, -0.2) is 39.8 Å². The number of rotatable bonds is 9. The van der Waals surface area contributed by atoms with Crippen molar-refractivity contribution in [2.75, 3.05) is 33.9 Å². The first-order chi connectivity index (χ1) is 12.1. The molecule has 0 fully saturated rings. The van der Waals surface area contributed by atoms with Gasteiger partial charge in [-0.3, -0.25) is 4.79 Å². The van der Waals surface area contributed by atoms with Crippen molar-refractivity contribution in [1.82, 2.24) is 5.32 Å². The molecule has 25 heavy (non-hydrogen) atoms. The maximum atomic E-state index is 12.6. The fourth-order valence-electron chi connectivity index (χ4n) is 2.57. The molecule has 0 aliphatic carbocycles. The Morgan fingerprint density at radius 1 is 1.16 bits per heavy atom. The van der Waals surface area contributed by atoms with E-state index in [1.165, 1.54) is 9.78 Å². The number of likely N-dealkylation sites (N-methyl/N-ethyl adjacent to an activating group) is 1.